The van der Waals surface area contributed by atoms with Crippen molar-refractivity contribution in [2.75, 3.05) is 13.1 Å². The molecule has 1 amide bonds. The first-order valence-electron chi connectivity index (χ1n) is 4.56. The van der Waals surface area contributed by atoms with E-state index >= 15 is 0 Å². The summed E-state index contributed by atoms with van der Waals surface area (Å²) in [6.45, 7) is 6.39. The van der Waals surface area contributed by atoms with Crippen LogP contribution in [0.5, 0.6) is 0 Å². The van der Waals surface area contributed by atoms with E-state index in [9.17, 15) is 9.90 Å². The number of nitrogens with zero attached hydrogens (tertiary/aromatic N) is 1. The smallest absolute Gasteiger partial charge is 0.407 e. The second kappa shape index (κ2) is 3.18. The van der Waals surface area contributed by atoms with E-state index in [0.717, 1.165) is 0 Å². The Hall–Kier alpha value is -0.770. The molecule has 3 atom stereocenters. The molecule has 0 radical (unpaired) electrons. The van der Waals surface area contributed by atoms with Gasteiger partial charge in [-0.1, -0.05) is 13.8 Å². The maximum absolute atomic E-state index is 10.7. The molecule has 1 aliphatic heterocycles. The van der Waals surface area contributed by atoms with Gasteiger partial charge in [0.2, 0.25) is 0 Å². The molecule has 1 heterocycles. The van der Waals surface area contributed by atoms with Gasteiger partial charge in [0.15, 0.2) is 0 Å². The Bertz CT molecular complexity index is 201. The Morgan fingerprint density at radius 1 is 1.38 bits per heavy atom. The highest BCUT2D eigenvalue weighted by atomic mass is 16.4. The second-order valence-corrected chi connectivity index (χ2v) is 4.22. The van der Waals surface area contributed by atoms with Gasteiger partial charge in [-0.05, 0) is 6.92 Å². The molecule has 1 unspecified atom stereocenters. The molecular formula is C9H17NO3. The predicted octanol–water partition coefficient (Wildman–Crippen LogP) is 1.00. The number of rotatable bonds is 0. The highest BCUT2D eigenvalue weighted by Crippen LogP contribution is 2.31. The molecule has 1 aliphatic rings. The normalized spacial score (nSPS) is 40.5. The van der Waals surface area contributed by atoms with Crippen molar-refractivity contribution in [1.82, 2.24) is 4.90 Å². The van der Waals surface area contributed by atoms with Crippen LogP contribution in [0.15, 0.2) is 0 Å². The maximum atomic E-state index is 10.7. The summed E-state index contributed by atoms with van der Waals surface area (Å²) in [5.41, 5.74) is -0.744. The molecule has 0 bridgehead atoms. The first-order valence-corrected chi connectivity index (χ1v) is 4.56. The Balaban J connectivity index is 2.73. The van der Waals surface area contributed by atoms with Crippen molar-refractivity contribution < 1.29 is 15.0 Å². The molecule has 0 aromatic carbocycles. The number of carbonyl (C=O) groups is 1. The molecule has 76 valence electrons. The molecule has 4 heteroatoms. The Morgan fingerprint density at radius 2 is 1.77 bits per heavy atom. The van der Waals surface area contributed by atoms with Gasteiger partial charge in [-0.2, -0.15) is 0 Å². The van der Waals surface area contributed by atoms with E-state index in [1.165, 1.54) is 4.90 Å². The molecule has 1 saturated heterocycles. The zero-order chi connectivity index (χ0) is 10.2. The third-order valence-corrected chi connectivity index (χ3v) is 3.25. The third kappa shape index (κ3) is 1.77. The highest BCUT2D eigenvalue weighted by molar-refractivity contribution is 5.65. The van der Waals surface area contributed by atoms with E-state index in [-0.39, 0.29) is 11.8 Å². The van der Waals surface area contributed by atoms with E-state index in [2.05, 4.69) is 0 Å². The molecule has 1 rings (SSSR count). The molecule has 0 saturated carbocycles. The van der Waals surface area contributed by atoms with Gasteiger partial charge in [0.05, 0.1) is 5.60 Å². The zero-order valence-electron chi connectivity index (χ0n) is 8.32. The van der Waals surface area contributed by atoms with Crippen molar-refractivity contribution in [2.24, 2.45) is 11.8 Å². The minimum Gasteiger partial charge on any atom is -0.465 e. The van der Waals surface area contributed by atoms with Gasteiger partial charge < -0.3 is 15.1 Å². The van der Waals surface area contributed by atoms with Crippen LogP contribution in [0.4, 0.5) is 4.79 Å². The number of piperidine rings is 1. The molecule has 0 aromatic heterocycles. The number of likely N-dealkylation sites (tertiary alicyclic amines) is 1. The summed E-state index contributed by atoms with van der Waals surface area (Å²) >= 11 is 0. The molecule has 0 aromatic rings. The second-order valence-electron chi connectivity index (χ2n) is 4.22. The summed E-state index contributed by atoms with van der Waals surface area (Å²) < 4.78 is 0. The van der Waals surface area contributed by atoms with Gasteiger partial charge in [-0.25, -0.2) is 4.79 Å². The fourth-order valence-electron chi connectivity index (χ4n) is 1.75. The molecule has 0 spiro atoms. The summed E-state index contributed by atoms with van der Waals surface area (Å²) in [6.07, 6.45) is -0.894. The number of amides is 1. The average Bonchev–Trinajstić information content (AvgIpc) is 2.00. The topological polar surface area (TPSA) is 60.8 Å². The van der Waals surface area contributed by atoms with E-state index in [1.807, 2.05) is 13.8 Å². The van der Waals surface area contributed by atoms with Crippen molar-refractivity contribution in [3.8, 4) is 0 Å². The van der Waals surface area contributed by atoms with Crippen LogP contribution in [0.2, 0.25) is 0 Å². The molecule has 2 N–H and O–H groups in total. The van der Waals surface area contributed by atoms with Crippen LogP contribution in [-0.4, -0.2) is 39.9 Å². The van der Waals surface area contributed by atoms with E-state index in [4.69, 9.17) is 5.11 Å². The maximum Gasteiger partial charge on any atom is 0.407 e. The van der Waals surface area contributed by atoms with Crippen LogP contribution in [0.25, 0.3) is 0 Å². The van der Waals surface area contributed by atoms with Gasteiger partial charge >= 0.3 is 6.09 Å². The summed E-state index contributed by atoms with van der Waals surface area (Å²) in [5, 5.41) is 18.8. The fraction of sp³-hybridized carbons (Fsp3) is 0.889. The molecule has 4 nitrogen and oxygen atoms in total. The lowest BCUT2D eigenvalue weighted by molar-refractivity contribution is -0.0852. The molecule has 13 heavy (non-hydrogen) atoms. The molecular weight excluding hydrogens is 170 g/mol. The average molecular weight is 187 g/mol. The van der Waals surface area contributed by atoms with E-state index < -0.39 is 11.7 Å². The number of hydrogen-bond donors (Lipinski definition) is 2. The lowest BCUT2D eigenvalue weighted by Crippen LogP contribution is -2.55. The minimum absolute atomic E-state index is 0.00708. The molecule has 1 fully saturated rings. The Morgan fingerprint density at radius 3 is 2.08 bits per heavy atom. The standard InChI is InChI=1S/C9H17NO3/c1-6-4-10(8(11)12)5-7(2)9(6,3)13/h6-7,13H,4-5H2,1-3H3,(H,11,12)/t6-,7?,9-/m1/s1. The number of carboxylic acid groups (broad SMARTS) is 1. The van der Waals surface area contributed by atoms with Crippen LogP contribution >= 0.6 is 0 Å². The van der Waals surface area contributed by atoms with Crippen LogP contribution in [0.3, 0.4) is 0 Å². The predicted molar refractivity (Wildman–Crippen MR) is 48.5 cm³/mol. The largest absolute Gasteiger partial charge is 0.465 e. The minimum atomic E-state index is -0.894. The van der Waals surface area contributed by atoms with Crippen LogP contribution < -0.4 is 0 Å². The van der Waals surface area contributed by atoms with E-state index in [0.29, 0.717) is 13.1 Å². The fourth-order valence-corrected chi connectivity index (χ4v) is 1.75. The SMILES string of the molecule is CC1CN(C(=O)O)C[C@@H](C)[C@@]1(C)O. The first-order chi connectivity index (χ1) is 5.85. The van der Waals surface area contributed by atoms with Gasteiger partial charge in [-0.3, -0.25) is 0 Å². The summed E-state index contributed by atoms with van der Waals surface area (Å²) in [7, 11) is 0. The van der Waals surface area contributed by atoms with Crippen LogP contribution in [-0.2, 0) is 0 Å². The first kappa shape index (κ1) is 10.3. The van der Waals surface area contributed by atoms with Gasteiger partial charge in [0, 0.05) is 24.9 Å². The lowest BCUT2D eigenvalue weighted by atomic mass is 9.77. The number of aliphatic hydroxyl groups is 1. The summed E-state index contributed by atoms with van der Waals surface area (Å²) in [5.74, 6) is -0.0142. The lowest BCUT2D eigenvalue weighted by Gasteiger charge is -2.44. The van der Waals surface area contributed by atoms with Crippen LogP contribution in [0.1, 0.15) is 20.8 Å². The van der Waals surface area contributed by atoms with Crippen molar-refractivity contribution in [3.63, 3.8) is 0 Å². The summed E-state index contributed by atoms with van der Waals surface area (Å²) in [6, 6.07) is 0. The Kier molecular flexibility index (Phi) is 2.52. The van der Waals surface area contributed by atoms with Gasteiger partial charge in [0.1, 0.15) is 0 Å². The molecule has 0 aliphatic carbocycles. The van der Waals surface area contributed by atoms with Crippen molar-refractivity contribution in [3.05, 3.63) is 0 Å². The van der Waals surface area contributed by atoms with Crippen molar-refractivity contribution in [1.29, 1.82) is 0 Å². The highest BCUT2D eigenvalue weighted by Gasteiger charge is 2.41. The summed E-state index contributed by atoms with van der Waals surface area (Å²) in [4.78, 5) is 12.1. The van der Waals surface area contributed by atoms with Crippen molar-refractivity contribution >= 4 is 6.09 Å². The monoisotopic (exact) mass is 187 g/mol. The number of hydrogen-bond acceptors (Lipinski definition) is 2. The zero-order valence-corrected chi connectivity index (χ0v) is 8.32. The van der Waals surface area contributed by atoms with E-state index in [1.54, 1.807) is 6.92 Å². The van der Waals surface area contributed by atoms with Crippen molar-refractivity contribution in [2.45, 2.75) is 26.4 Å². The quantitative estimate of drug-likeness (QED) is 0.594. The van der Waals surface area contributed by atoms with Gasteiger partial charge in [0.25, 0.3) is 0 Å². The van der Waals surface area contributed by atoms with Gasteiger partial charge in [-0.15, -0.1) is 0 Å². The Labute approximate surface area is 78.2 Å². The third-order valence-electron chi connectivity index (χ3n) is 3.25. The van der Waals surface area contributed by atoms with Crippen LogP contribution in [0, 0.1) is 11.8 Å².